The lowest BCUT2D eigenvalue weighted by atomic mass is 9.94. The van der Waals surface area contributed by atoms with Gasteiger partial charge in [-0.1, -0.05) is 0 Å². The van der Waals surface area contributed by atoms with Crippen LogP contribution in [-0.2, 0) is 10.3 Å². The molecule has 3 rings (SSSR count). The van der Waals surface area contributed by atoms with Gasteiger partial charge in [-0.25, -0.2) is 0 Å². The van der Waals surface area contributed by atoms with Gasteiger partial charge >= 0.3 is 0 Å². The molecule has 2 heterocycles. The third-order valence-corrected chi connectivity index (χ3v) is 4.56. The third-order valence-electron chi connectivity index (χ3n) is 3.60. The van der Waals surface area contributed by atoms with Crippen LogP contribution in [0.2, 0.25) is 0 Å². The molecule has 3 nitrogen and oxygen atoms in total. The summed E-state index contributed by atoms with van der Waals surface area (Å²) < 4.78 is 9.89. The van der Waals surface area contributed by atoms with Crippen molar-refractivity contribution in [3.63, 3.8) is 0 Å². The molecule has 0 radical (unpaired) electrons. The molecule has 1 aliphatic heterocycles. The summed E-state index contributed by atoms with van der Waals surface area (Å²) in [7, 11) is 0. The van der Waals surface area contributed by atoms with E-state index in [2.05, 4.69) is 57.3 Å². The monoisotopic (exact) mass is 374 g/mol. The fraction of sp³-hybridized carbons (Fsp3) is 0.462. The largest absolute Gasteiger partial charge is 0.379 e. The molecular weight excluding hydrogens is 359 g/mol. The van der Waals surface area contributed by atoms with Crippen LogP contribution in [0.5, 0.6) is 0 Å². The van der Waals surface area contributed by atoms with Crippen LogP contribution in [0.1, 0.15) is 19.8 Å². The van der Waals surface area contributed by atoms with Crippen molar-refractivity contribution in [2.45, 2.75) is 25.3 Å². The summed E-state index contributed by atoms with van der Waals surface area (Å²) in [5.74, 6) is 0. The molecular formula is C13H15IN2OS. The minimum absolute atomic E-state index is 0.0274. The van der Waals surface area contributed by atoms with Crippen molar-refractivity contribution in [1.29, 1.82) is 0 Å². The number of aromatic amines is 1. The summed E-state index contributed by atoms with van der Waals surface area (Å²) in [6, 6.07) is 6.40. The topological polar surface area (TPSA) is 29.9 Å². The maximum Gasteiger partial charge on any atom is 0.178 e. The molecule has 0 spiro atoms. The van der Waals surface area contributed by atoms with Crippen molar-refractivity contribution < 1.29 is 4.74 Å². The van der Waals surface area contributed by atoms with E-state index in [4.69, 9.17) is 17.0 Å². The Kier molecular flexibility index (Phi) is 3.23. The fourth-order valence-electron chi connectivity index (χ4n) is 2.72. The number of aromatic nitrogens is 2. The van der Waals surface area contributed by atoms with E-state index in [9.17, 15) is 0 Å². The fourth-order valence-corrected chi connectivity index (χ4v) is 3.64. The number of nitrogens with one attached hydrogen (secondary N) is 1. The van der Waals surface area contributed by atoms with Crippen molar-refractivity contribution in [3.05, 3.63) is 26.5 Å². The molecule has 1 atom stereocenters. The van der Waals surface area contributed by atoms with Gasteiger partial charge in [0.25, 0.3) is 0 Å². The number of hydrogen-bond donors (Lipinski definition) is 1. The average molecular weight is 374 g/mol. The number of ether oxygens (including phenoxy) is 1. The first-order valence-corrected chi connectivity index (χ1v) is 7.57. The van der Waals surface area contributed by atoms with Crippen LogP contribution in [0.25, 0.3) is 11.0 Å². The number of halogens is 1. The van der Waals surface area contributed by atoms with E-state index < -0.39 is 0 Å². The Bertz CT molecular complexity index is 640. The Labute approximate surface area is 125 Å². The number of benzene rings is 1. The molecule has 0 amide bonds. The normalized spacial score (nSPS) is 24.6. The Balaban J connectivity index is 2.22. The minimum atomic E-state index is -0.0274. The van der Waals surface area contributed by atoms with E-state index in [0.29, 0.717) is 0 Å². The number of hydrogen-bond acceptors (Lipinski definition) is 2. The molecule has 0 aliphatic carbocycles. The van der Waals surface area contributed by atoms with Gasteiger partial charge in [-0.3, -0.25) is 0 Å². The second-order valence-electron chi connectivity index (χ2n) is 5.08. The molecule has 2 aromatic rings. The van der Waals surface area contributed by atoms with E-state index >= 15 is 0 Å². The molecule has 96 valence electrons. The highest BCUT2D eigenvalue weighted by molar-refractivity contribution is 14.1. The molecule has 18 heavy (non-hydrogen) atoms. The maximum absolute atomic E-state index is 5.65. The molecule has 1 aromatic heterocycles. The van der Waals surface area contributed by atoms with Crippen molar-refractivity contribution in [3.8, 4) is 0 Å². The quantitative estimate of drug-likeness (QED) is 0.608. The van der Waals surface area contributed by atoms with Crippen LogP contribution in [0.4, 0.5) is 0 Å². The number of H-pyrrole nitrogens is 1. The zero-order chi connectivity index (χ0) is 12.8. The first kappa shape index (κ1) is 12.6. The van der Waals surface area contributed by atoms with Crippen molar-refractivity contribution in [2.24, 2.45) is 0 Å². The van der Waals surface area contributed by atoms with E-state index in [1.807, 2.05) is 0 Å². The molecule has 1 aliphatic rings. The predicted molar refractivity (Wildman–Crippen MR) is 83.5 cm³/mol. The first-order valence-electron chi connectivity index (χ1n) is 6.09. The highest BCUT2D eigenvalue weighted by atomic mass is 127. The highest BCUT2D eigenvalue weighted by Crippen LogP contribution is 2.31. The van der Waals surface area contributed by atoms with Gasteiger partial charge in [-0.2, -0.15) is 0 Å². The molecule has 0 saturated carbocycles. The zero-order valence-electron chi connectivity index (χ0n) is 10.2. The Morgan fingerprint density at radius 1 is 1.50 bits per heavy atom. The average Bonchev–Trinajstić information content (AvgIpc) is 2.65. The van der Waals surface area contributed by atoms with Gasteiger partial charge in [0.05, 0.1) is 23.2 Å². The van der Waals surface area contributed by atoms with Gasteiger partial charge in [0.2, 0.25) is 0 Å². The maximum atomic E-state index is 5.65. The Morgan fingerprint density at radius 2 is 2.33 bits per heavy atom. The minimum Gasteiger partial charge on any atom is -0.379 e. The van der Waals surface area contributed by atoms with E-state index in [-0.39, 0.29) is 5.54 Å². The Hall–Kier alpha value is -0.400. The standard InChI is InChI=1S/C13H15IN2OS/c1-13(5-2-6-17-8-13)16-11-4-3-9(14)7-10(11)15-12(16)18/h3-4,7H,2,5-6,8H2,1H3,(H,15,18). The number of fused-ring (bicyclic) bond motifs is 1. The van der Waals surface area contributed by atoms with Crippen LogP contribution in [0, 0.1) is 8.34 Å². The summed E-state index contributed by atoms with van der Waals surface area (Å²) in [5.41, 5.74) is 2.26. The first-order chi connectivity index (χ1) is 8.60. The van der Waals surface area contributed by atoms with E-state index in [1.165, 1.54) is 9.09 Å². The highest BCUT2D eigenvalue weighted by Gasteiger charge is 2.31. The van der Waals surface area contributed by atoms with Crippen LogP contribution in [-0.4, -0.2) is 22.8 Å². The van der Waals surface area contributed by atoms with Crippen LogP contribution in [0.15, 0.2) is 18.2 Å². The Morgan fingerprint density at radius 3 is 3.06 bits per heavy atom. The summed E-state index contributed by atoms with van der Waals surface area (Å²) in [6.07, 6.45) is 2.20. The second kappa shape index (κ2) is 4.61. The number of rotatable bonds is 1. The van der Waals surface area contributed by atoms with E-state index in [0.717, 1.165) is 36.3 Å². The van der Waals surface area contributed by atoms with Crippen molar-refractivity contribution >= 4 is 45.8 Å². The van der Waals surface area contributed by atoms with E-state index in [1.54, 1.807) is 0 Å². The molecule has 5 heteroatoms. The summed E-state index contributed by atoms with van der Waals surface area (Å²) >= 11 is 7.82. The van der Waals surface area contributed by atoms with Gasteiger partial charge in [0.15, 0.2) is 4.77 Å². The van der Waals surface area contributed by atoms with Crippen LogP contribution >= 0.6 is 34.8 Å². The van der Waals surface area contributed by atoms with Crippen molar-refractivity contribution in [1.82, 2.24) is 9.55 Å². The summed E-state index contributed by atoms with van der Waals surface area (Å²) in [6.45, 7) is 3.83. The molecule has 1 unspecified atom stereocenters. The lowest BCUT2D eigenvalue weighted by Gasteiger charge is -2.35. The van der Waals surface area contributed by atoms with Gasteiger partial charge in [-0.05, 0) is 72.8 Å². The van der Waals surface area contributed by atoms with Gasteiger partial charge in [0.1, 0.15) is 0 Å². The third kappa shape index (κ3) is 2.02. The molecule has 1 fully saturated rings. The smallest absolute Gasteiger partial charge is 0.178 e. The molecule has 1 saturated heterocycles. The molecule has 1 N–H and O–H groups in total. The zero-order valence-corrected chi connectivity index (χ0v) is 13.2. The number of nitrogens with zero attached hydrogens (tertiary/aromatic N) is 1. The van der Waals surface area contributed by atoms with Gasteiger partial charge in [-0.15, -0.1) is 0 Å². The van der Waals surface area contributed by atoms with Crippen LogP contribution < -0.4 is 0 Å². The van der Waals surface area contributed by atoms with Crippen LogP contribution in [0.3, 0.4) is 0 Å². The summed E-state index contributed by atoms with van der Waals surface area (Å²) in [5, 5.41) is 0. The molecule has 0 bridgehead atoms. The SMILES string of the molecule is CC1(n2c(=S)[nH]c3cc(I)ccc32)CCCOC1. The molecule has 1 aromatic carbocycles. The lowest BCUT2D eigenvalue weighted by molar-refractivity contribution is 0.0108. The summed E-state index contributed by atoms with van der Waals surface area (Å²) in [4.78, 5) is 3.31. The van der Waals surface area contributed by atoms with Gasteiger partial charge < -0.3 is 14.3 Å². The number of imidazole rings is 1. The predicted octanol–water partition coefficient (Wildman–Crippen LogP) is 3.83. The van der Waals surface area contributed by atoms with Gasteiger partial charge in [0, 0.05) is 10.2 Å². The second-order valence-corrected chi connectivity index (χ2v) is 6.71. The lowest BCUT2D eigenvalue weighted by Crippen LogP contribution is -2.39. The van der Waals surface area contributed by atoms with Crippen molar-refractivity contribution in [2.75, 3.05) is 13.2 Å².